The van der Waals surface area contributed by atoms with Gasteiger partial charge in [-0.05, 0) is 47.0 Å². The molecule has 4 nitrogen and oxygen atoms in total. The molecular formula is C14H15NO3S. The van der Waals surface area contributed by atoms with E-state index in [2.05, 4.69) is 10.7 Å². The maximum Gasteiger partial charge on any atom is 0.255 e. The van der Waals surface area contributed by atoms with Crippen molar-refractivity contribution in [1.82, 2.24) is 5.32 Å². The molecule has 0 spiro atoms. The first-order valence-corrected chi connectivity index (χ1v) is 6.81. The van der Waals surface area contributed by atoms with E-state index in [-0.39, 0.29) is 17.2 Å². The molecule has 0 aliphatic rings. The van der Waals surface area contributed by atoms with Gasteiger partial charge in [-0.2, -0.15) is 11.3 Å². The van der Waals surface area contributed by atoms with Gasteiger partial charge in [-0.1, -0.05) is 0 Å². The van der Waals surface area contributed by atoms with E-state index in [1.54, 1.807) is 17.4 Å². The first-order valence-electron chi connectivity index (χ1n) is 5.87. The Labute approximate surface area is 115 Å². The number of phenolic OH excluding ortho intramolecular Hbond substituents is 1. The number of carbonyl (C=O) groups excluding carboxylic acids is 1. The molecule has 0 bridgehead atoms. The van der Waals surface area contributed by atoms with Crippen molar-refractivity contribution < 1.29 is 14.6 Å². The summed E-state index contributed by atoms with van der Waals surface area (Å²) in [5.74, 6) is 0.196. The van der Waals surface area contributed by atoms with Gasteiger partial charge in [0, 0.05) is 6.54 Å². The number of ether oxygens (including phenoxy) is 1. The van der Waals surface area contributed by atoms with Crippen LogP contribution in [0.15, 0.2) is 35.0 Å². The lowest BCUT2D eigenvalue weighted by atomic mass is 10.1. The maximum atomic E-state index is 11.9. The zero-order chi connectivity index (χ0) is 13.7. The molecular weight excluding hydrogens is 262 g/mol. The summed E-state index contributed by atoms with van der Waals surface area (Å²) in [5.41, 5.74) is 1.42. The fourth-order valence-electron chi connectivity index (χ4n) is 1.67. The summed E-state index contributed by atoms with van der Waals surface area (Å²) in [6, 6.07) is 6.61. The fourth-order valence-corrected chi connectivity index (χ4v) is 2.38. The van der Waals surface area contributed by atoms with Crippen LogP contribution < -0.4 is 10.1 Å². The van der Waals surface area contributed by atoms with Crippen LogP contribution in [0.1, 0.15) is 15.9 Å². The summed E-state index contributed by atoms with van der Waals surface area (Å²) < 4.78 is 5.03. The van der Waals surface area contributed by atoms with E-state index in [0.29, 0.717) is 12.3 Å². The minimum Gasteiger partial charge on any atom is -0.507 e. The molecule has 19 heavy (non-hydrogen) atoms. The Kier molecular flexibility index (Phi) is 4.41. The van der Waals surface area contributed by atoms with Crippen molar-refractivity contribution in [2.45, 2.75) is 6.42 Å². The van der Waals surface area contributed by atoms with Crippen molar-refractivity contribution in [2.75, 3.05) is 13.7 Å². The van der Waals surface area contributed by atoms with Crippen LogP contribution in [0.2, 0.25) is 0 Å². The van der Waals surface area contributed by atoms with Crippen LogP contribution in [0.25, 0.3) is 0 Å². The van der Waals surface area contributed by atoms with Crippen LogP contribution in [0, 0.1) is 0 Å². The molecule has 2 aromatic rings. The number of benzene rings is 1. The number of nitrogens with one attached hydrogen (secondary N) is 1. The highest BCUT2D eigenvalue weighted by Crippen LogP contribution is 2.22. The van der Waals surface area contributed by atoms with Gasteiger partial charge >= 0.3 is 0 Å². The number of thiophene rings is 1. The number of rotatable bonds is 5. The Balaban J connectivity index is 1.95. The summed E-state index contributed by atoms with van der Waals surface area (Å²) in [6.07, 6.45) is 0.778. The fraction of sp³-hybridized carbons (Fsp3) is 0.214. The third-order valence-corrected chi connectivity index (χ3v) is 3.46. The summed E-state index contributed by atoms with van der Waals surface area (Å²) >= 11 is 1.63. The van der Waals surface area contributed by atoms with E-state index in [1.165, 1.54) is 24.8 Å². The quantitative estimate of drug-likeness (QED) is 0.882. The first-order chi connectivity index (χ1) is 9.20. The van der Waals surface area contributed by atoms with Crippen LogP contribution in [-0.4, -0.2) is 24.7 Å². The number of phenols is 1. The van der Waals surface area contributed by atoms with Crippen molar-refractivity contribution in [3.63, 3.8) is 0 Å². The molecule has 0 atom stereocenters. The highest BCUT2D eigenvalue weighted by Gasteiger charge is 2.11. The molecule has 1 heterocycles. The maximum absolute atomic E-state index is 11.9. The number of hydrogen-bond acceptors (Lipinski definition) is 4. The smallest absolute Gasteiger partial charge is 0.255 e. The number of hydrogen-bond donors (Lipinski definition) is 2. The minimum atomic E-state index is -0.299. The highest BCUT2D eigenvalue weighted by atomic mass is 32.1. The Morgan fingerprint density at radius 3 is 2.95 bits per heavy atom. The predicted octanol–water partition coefficient (Wildman–Crippen LogP) is 2.43. The Morgan fingerprint density at radius 1 is 1.42 bits per heavy atom. The molecule has 0 saturated carbocycles. The van der Waals surface area contributed by atoms with Crippen LogP contribution >= 0.6 is 11.3 Å². The number of methoxy groups -OCH3 is 1. The second kappa shape index (κ2) is 6.24. The molecule has 1 aromatic carbocycles. The van der Waals surface area contributed by atoms with E-state index in [1.807, 2.05) is 11.4 Å². The SMILES string of the molecule is COc1ccc(O)c(C(=O)NCCc2ccsc2)c1. The standard InChI is InChI=1S/C14H15NO3S/c1-18-11-2-3-13(16)12(8-11)14(17)15-6-4-10-5-7-19-9-10/h2-3,5,7-9,16H,4,6H2,1H3,(H,15,17). The van der Waals surface area contributed by atoms with E-state index in [0.717, 1.165) is 6.42 Å². The second-order valence-corrected chi connectivity index (χ2v) is 4.80. The van der Waals surface area contributed by atoms with E-state index in [4.69, 9.17) is 4.74 Å². The van der Waals surface area contributed by atoms with Gasteiger partial charge in [0.05, 0.1) is 12.7 Å². The van der Waals surface area contributed by atoms with Crippen LogP contribution in [0.3, 0.4) is 0 Å². The second-order valence-electron chi connectivity index (χ2n) is 4.02. The summed E-state index contributed by atoms with van der Waals surface area (Å²) in [4.78, 5) is 11.9. The van der Waals surface area contributed by atoms with Gasteiger partial charge in [0.25, 0.3) is 5.91 Å². The molecule has 5 heteroatoms. The molecule has 0 radical (unpaired) electrons. The van der Waals surface area contributed by atoms with E-state index < -0.39 is 0 Å². The average Bonchev–Trinajstić information content (AvgIpc) is 2.92. The molecule has 100 valence electrons. The zero-order valence-electron chi connectivity index (χ0n) is 10.6. The molecule has 1 aromatic heterocycles. The molecule has 0 fully saturated rings. The number of amides is 1. The normalized spacial score (nSPS) is 10.2. The molecule has 0 aliphatic heterocycles. The Morgan fingerprint density at radius 2 is 2.26 bits per heavy atom. The van der Waals surface area contributed by atoms with Crippen molar-refractivity contribution in [1.29, 1.82) is 0 Å². The number of carbonyl (C=O) groups is 1. The van der Waals surface area contributed by atoms with Crippen molar-refractivity contribution in [2.24, 2.45) is 0 Å². The first kappa shape index (κ1) is 13.4. The van der Waals surface area contributed by atoms with E-state index >= 15 is 0 Å². The van der Waals surface area contributed by atoms with Crippen LogP contribution in [-0.2, 0) is 6.42 Å². The third kappa shape index (κ3) is 3.48. The number of aromatic hydroxyl groups is 1. The predicted molar refractivity (Wildman–Crippen MR) is 75.0 cm³/mol. The van der Waals surface area contributed by atoms with Gasteiger partial charge in [-0.15, -0.1) is 0 Å². The molecule has 2 N–H and O–H groups in total. The third-order valence-electron chi connectivity index (χ3n) is 2.73. The van der Waals surface area contributed by atoms with E-state index in [9.17, 15) is 9.90 Å². The van der Waals surface area contributed by atoms with Gasteiger partial charge < -0.3 is 15.2 Å². The zero-order valence-corrected chi connectivity index (χ0v) is 11.4. The average molecular weight is 277 g/mol. The Hall–Kier alpha value is -2.01. The lowest BCUT2D eigenvalue weighted by molar-refractivity contribution is 0.0951. The van der Waals surface area contributed by atoms with Gasteiger partial charge in [0.2, 0.25) is 0 Å². The largest absolute Gasteiger partial charge is 0.507 e. The summed E-state index contributed by atoms with van der Waals surface area (Å²) in [7, 11) is 1.52. The van der Waals surface area contributed by atoms with Gasteiger partial charge in [0.1, 0.15) is 11.5 Å². The molecule has 2 rings (SSSR count). The van der Waals surface area contributed by atoms with Crippen molar-refractivity contribution in [3.05, 3.63) is 46.2 Å². The van der Waals surface area contributed by atoms with Crippen LogP contribution in [0.5, 0.6) is 11.5 Å². The van der Waals surface area contributed by atoms with Crippen molar-refractivity contribution in [3.8, 4) is 11.5 Å². The lowest BCUT2D eigenvalue weighted by Gasteiger charge is -2.08. The highest BCUT2D eigenvalue weighted by molar-refractivity contribution is 7.07. The Bertz CT molecular complexity index is 552. The minimum absolute atomic E-state index is 0.0474. The monoisotopic (exact) mass is 277 g/mol. The van der Waals surface area contributed by atoms with Crippen LogP contribution in [0.4, 0.5) is 0 Å². The summed E-state index contributed by atoms with van der Waals surface area (Å²) in [5, 5.41) is 16.5. The molecule has 0 aliphatic carbocycles. The van der Waals surface area contributed by atoms with Gasteiger partial charge in [-0.25, -0.2) is 0 Å². The summed E-state index contributed by atoms with van der Waals surface area (Å²) in [6.45, 7) is 0.534. The molecule has 0 saturated heterocycles. The van der Waals surface area contributed by atoms with Gasteiger partial charge in [-0.3, -0.25) is 4.79 Å². The molecule has 0 unspecified atom stereocenters. The topological polar surface area (TPSA) is 58.6 Å². The molecule has 1 amide bonds. The van der Waals surface area contributed by atoms with Crippen molar-refractivity contribution >= 4 is 17.2 Å². The van der Waals surface area contributed by atoms with Gasteiger partial charge in [0.15, 0.2) is 0 Å². The lowest BCUT2D eigenvalue weighted by Crippen LogP contribution is -2.25.